The Kier molecular flexibility index (Phi) is 10.7. The summed E-state index contributed by atoms with van der Waals surface area (Å²) in [5.74, 6) is -5.08. The van der Waals surface area contributed by atoms with Gasteiger partial charge in [-0.2, -0.15) is 0 Å². The van der Waals surface area contributed by atoms with Gasteiger partial charge in [0.2, 0.25) is 17.7 Å². The first-order valence-corrected chi connectivity index (χ1v) is 11.5. The zero-order valence-corrected chi connectivity index (χ0v) is 20.4. The number of hydrogen-bond donors (Lipinski definition) is 8. The summed E-state index contributed by atoms with van der Waals surface area (Å²) in [5, 5.41) is 25.5. The molecule has 0 aliphatic rings. The van der Waals surface area contributed by atoms with Crippen molar-refractivity contribution in [3.63, 3.8) is 0 Å². The van der Waals surface area contributed by atoms with E-state index in [4.69, 9.17) is 10.8 Å². The number of aromatic nitrogens is 4. The van der Waals surface area contributed by atoms with E-state index in [1.54, 1.807) is 0 Å². The van der Waals surface area contributed by atoms with Gasteiger partial charge in [0.25, 0.3) is 0 Å². The largest absolute Gasteiger partial charge is 0.481 e. The zero-order valence-electron chi connectivity index (χ0n) is 20.4. The fourth-order valence-corrected chi connectivity index (χ4v) is 3.46. The maximum Gasteiger partial charge on any atom is 0.326 e. The van der Waals surface area contributed by atoms with Gasteiger partial charge in [-0.3, -0.25) is 19.2 Å². The van der Waals surface area contributed by atoms with Crippen LogP contribution in [0.5, 0.6) is 0 Å². The zero-order chi connectivity index (χ0) is 27.5. The minimum absolute atomic E-state index is 0.00112. The summed E-state index contributed by atoms with van der Waals surface area (Å²) in [4.78, 5) is 74.7. The topological polar surface area (TPSA) is 245 Å². The van der Waals surface area contributed by atoms with Crippen LogP contribution in [0.2, 0.25) is 0 Å². The average molecular weight is 521 g/mol. The second-order valence-corrected chi connectivity index (χ2v) is 8.92. The Labute approximate surface area is 212 Å². The third-order valence-electron chi connectivity index (χ3n) is 5.28. The van der Waals surface area contributed by atoms with Crippen molar-refractivity contribution in [3.8, 4) is 0 Å². The predicted octanol–water partition coefficient (Wildman–Crippen LogP) is -1.69. The van der Waals surface area contributed by atoms with Crippen molar-refractivity contribution >= 4 is 29.7 Å². The van der Waals surface area contributed by atoms with E-state index in [2.05, 4.69) is 35.9 Å². The number of imidazole rings is 2. The van der Waals surface area contributed by atoms with Crippen molar-refractivity contribution in [2.24, 2.45) is 11.7 Å². The van der Waals surface area contributed by atoms with Crippen molar-refractivity contribution in [2.75, 3.05) is 0 Å². The van der Waals surface area contributed by atoms with Gasteiger partial charge in [0, 0.05) is 36.6 Å². The average Bonchev–Trinajstić information content (AvgIpc) is 3.51. The first kappa shape index (κ1) is 29.0. The number of nitrogens with zero attached hydrogens (tertiary/aromatic N) is 2. The van der Waals surface area contributed by atoms with Crippen LogP contribution >= 0.6 is 0 Å². The lowest BCUT2D eigenvalue weighted by Gasteiger charge is -2.25. The number of carboxylic acids is 2. The van der Waals surface area contributed by atoms with E-state index >= 15 is 0 Å². The molecule has 0 aliphatic heterocycles. The molecule has 9 N–H and O–H groups in total. The summed E-state index contributed by atoms with van der Waals surface area (Å²) in [6, 6.07) is -5.07. The van der Waals surface area contributed by atoms with Gasteiger partial charge in [-0.1, -0.05) is 13.8 Å². The molecular weight excluding hydrogens is 488 g/mol. The second kappa shape index (κ2) is 13.7. The molecule has 0 radical (unpaired) electrons. The predicted molar refractivity (Wildman–Crippen MR) is 128 cm³/mol. The molecule has 0 bridgehead atoms. The number of carboxylic acid groups (broad SMARTS) is 2. The molecule has 0 aromatic carbocycles. The highest BCUT2D eigenvalue weighted by molar-refractivity contribution is 5.94. The van der Waals surface area contributed by atoms with Crippen molar-refractivity contribution in [1.82, 2.24) is 35.9 Å². The van der Waals surface area contributed by atoms with E-state index in [0.717, 1.165) is 0 Å². The van der Waals surface area contributed by atoms with E-state index in [-0.39, 0.29) is 18.8 Å². The molecule has 15 heteroatoms. The minimum atomic E-state index is -1.72. The summed E-state index contributed by atoms with van der Waals surface area (Å²) < 4.78 is 0. The van der Waals surface area contributed by atoms with Gasteiger partial charge in [0.05, 0.1) is 25.1 Å². The SMILES string of the molecule is CC(C)CC(N)C(=O)NC(Cc1cnc[nH]1)C(=O)NC(Cc1cnc[nH]1)C(=O)NC(CC(=O)O)C(=O)O. The van der Waals surface area contributed by atoms with Crippen LogP contribution < -0.4 is 21.7 Å². The summed E-state index contributed by atoms with van der Waals surface area (Å²) in [6.07, 6.45) is 5.04. The van der Waals surface area contributed by atoms with Crippen LogP contribution in [-0.4, -0.2) is 84.0 Å². The first-order valence-electron chi connectivity index (χ1n) is 11.5. The van der Waals surface area contributed by atoms with Gasteiger partial charge in [0.1, 0.15) is 18.1 Å². The van der Waals surface area contributed by atoms with Gasteiger partial charge in [0.15, 0.2) is 0 Å². The standard InChI is InChI=1S/C22H32N8O7/c1-11(2)3-14(23)19(33)28-15(4-12-7-24-9-26-12)20(34)29-16(5-13-8-25-10-27-13)21(35)30-17(22(36)37)6-18(31)32/h7-11,14-17H,3-6,23H2,1-2H3,(H,24,26)(H,25,27)(H,28,33)(H,29,34)(H,30,35)(H,31,32)(H,36,37). The fraction of sp³-hybridized carbons (Fsp3) is 0.500. The lowest BCUT2D eigenvalue weighted by molar-refractivity contribution is -0.147. The van der Waals surface area contributed by atoms with Crippen LogP contribution in [0.15, 0.2) is 25.0 Å². The Bertz CT molecular complexity index is 1060. The molecule has 0 spiro atoms. The van der Waals surface area contributed by atoms with E-state index in [9.17, 15) is 29.1 Å². The molecule has 4 unspecified atom stereocenters. The monoisotopic (exact) mass is 520 g/mol. The molecule has 3 amide bonds. The number of carbonyl (C=O) groups is 5. The van der Waals surface area contributed by atoms with Gasteiger partial charge in [-0.25, -0.2) is 14.8 Å². The summed E-state index contributed by atoms with van der Waals surface area (Å²) in [6.45, 7) is 3.80. The molecule has 0 fully saturated rings. The molecular formula is C22H32N8O7. The smallest absolute Gasteiger partial charge is 0.326 e. The molecule has 202 valence electrons. The summed E-state index contributed by atoms with van der Waals surface area (Å²) in [7, 11) is 0. The van der Waals surface area contributed by atoms with E-state index in [0.29, 0.717) is 17.8 Å². The van der Waals surface area contributed by atoms with Crippen LogP contribution in [0.25, 0.3) is 0 Å². The number of aromatic amines is 2. The van der Waals surface area contributed by atoms with Crippen LogP contribution in [0.3, 0.4) is 0 Å². The molecule has 0 saturated carbocycles. The number of nitrogens with one attached hydrogen (secondary N) is 5. The molecule has 2 aromatic heterocycles. The molecule has 4 atom stereocenters. The maximum atomic E-state index is 13.3. The van der Waals surface area contributed by atoms with E-state index in [1.807, 2.05) is 13.8 Å². The number of rotatable bonds is 15. The highest BCUT2D eigenvalue weighted by Crippen LogP contribution is 2.07. The molecule has 0 aliphatic carbocycles. The molecule has 37 heavy (non-hydrogen) atoms. The Morgan fingerprint density at radius 2 is 1.30 bits per heavy atom. The number of carbonyl (C=O) groups excluding carboxylic acids is 3. The number of nitrogens with two attached hydrogens (primary N) is 1. The maximum absolute atomic E-state index is 13.3. The highest BCUT2D eigenvalue weighted by Gasteiger charge is 2.32. The second-order valence-electron chi connectivity index (χ2n) is 8.92. The fourth-order valence-electron chi connectivity index (χ4n) is 3.46. The Morgan fingerprint density at radius 3 is 1.68 bits per heavy atom. The normalized spacial score (nSPS) is 14.3. The lowest BCUT2D eigenvalue weighted by Crippen LogP contribution is -2.58. The van der Waals surface area contributed by atoms with Gasteiger partial charge in [-0.05, 0) is 12.3 Å². The number of hydrogen-bond acceptors (Lipinski definition) is 8. The van der Waals surface area contributed by atoms with Crippen LogP contribution in [0.1, 0.15) is 38.1 Å². The number of aliphatic carboxylic acids is 2. The van der Waals surface area contributed by atoms with Gasteiger partial charge in [-0.15, -0.1) is 0 Å². The Hall–Kier alpha value is -4.27. The van der Waals surface area contributed by atoms with Crippen molar-refractivity contribution in [2.45, 2.75) is 63.7 Å². The number of H-pyrrole nitrogens is 2. The third-order valence-corrected chi connectivity index (χ3v) is 5.28. The summed E-state index contributed by atoms with van der Waals surface area (Å²) >= 11 is 0. The van der Waals surface area contributed by atoms with Gasteiger partial charge < -0.3 is 41.9 Å². The van der Waals surface area contributed by atoms with Crippen LogP contribution in [-0.2, 0) is 36.8 Å². The molecule has 2 heterocycles. The molecule has 2 rings (SSSR count). The van der Waals surface area contributed by atoms with Crippen LogP contribution in [0.4, 0.5) is 0 Å². The van der Waals surface area contributed by atoms with Crippen LogP contribution in [0, 0.1) is 5.92 Å². The Morgan fingerprint density at radius 1 is 0.838 bits per heavy atom. The molecule has 15 nitrogen and oxygen atoms in total. The summed E-state index contributed by atoms with van der Waals surface area (Å²) in [5.41, 5.74) is 6.93. The van der Waals surface area contributed by atoms with Gasteiger partial charge >= 0.3 is 11.9 Å². The quantitative estimate of drug-likeness (QED) is 0.132. The van der Waals surface area contributed by atoms with Crippen molar-refractivity contribution in [3.05, 3.63) is 36.4 Å². The van der Waals surface area contributed by atoms with Crippen molar-refractivity contribution < 1.29 is 34.2 Å². The number of amides is 3. The third kappa shape index (κ3) is 9.71. The first-order chi connectivity index (χ1) is 17.5. The lowest BCUT2D eigenvalue weighted by atomic mass is 10.0. The van der Waals surface area contributed by atoms with E-state index < -0.39 is 60.2 Å². The molecule has 0 saturated heterocycles. The molecule has 2 aromatic rings. The highest BCUT2D eigenvalue weighted by atomic mass is 16.4. The Balaban J connectivity index is 2.24. The minimum Gasteiger partial charge on any atom is -0.481 e. The van der Waals surface area contributed by atoms with Crippen molar-refractivity contribution in [1.29, 1.82) is 0 Å². The van der Waals surface area contributed by atoms with E-state index in [1.165, 1.54) is 25.0 Å².